The maximum absolute atomic E-state index is 12.4. The molecule has 1 saturated carbocycles. The third-order valence-electron chi connectivity index (χ3n) is 4.46. The molecular formula is C22H26N4O3. The maximum Gasteiger partial charge on any atom is 0.319 e. The lowest BCUT2D eigenvalue weighted by Crippen LogP contribution is -2.30. The third-order valence-corrected chi connectivity index (χ3v) is 4.46. The van der Waals surface area contributed by atoms with Crippen molar-refractivity contribution in [2.24, 2.45) is 0 Å². The Morgan fingerprint density at radius 1 is 0.966 bits per heavy atom. The number of benzene rings is 2. The van der Waals surface area contributed by atoms with Crippen LogP contribution in [0, 0.1) is 0 Å². The predicted octanol–water partition coefficient (Wildman–Crippen LogP) is 3.64. The molecule has 0 saturated heterocycles. The van der Waals surface area contributed by atoms with E-state index in [1.54, 1.807) is 24.3 Å². The fourth-order valence-corrected chi connectivity index (χ4v) is 2.78. The number of hydrogen-bond donors (Lipinski definition) is 4. The summed E-state index contributed by atoms with van der Waals surface area (Å²) in [4.78, 5) is 35.8. The Morgan fingerprint density at radius 2 is 1.72 bits per heavy atom. The second-order valence-corrected chi connectivity index (χ2v) is 7.13. The minimum Gasteiger partial charge on any atom is -0.348 e. The van der Waals surface area contributed by atoms with E-state index in [1.165, 1.54) is 0 Å². The van der Waals surface area contributed by atoms with Gasteiger partial charge in [-0.05, 0) is 61.2 Å². The standard InChI is InChI=1S/C22H26N4O3/c1-2-4-20(27)24-19-6-3-5-15(13-19)14-23-21(28)16-7-9-17(10-8-16)25-22(29)26-18-11-12-18/h3,5-10,13,18H,2,4,11-12,14H2,1H3,(H,23,28)(H,24,27)(H2,25,26,29). The number of nitrogens with one attached hydrogen (secondary N) is 4. The molecule has 2 aromatic carbocycles. The fourth-order valence-electron chi connectivity index (χ4n) is 2.78. The highest BCUT2D eigenvalue weighted by molar-refractivity contribution is 5.95. The molecule has 4 amide bonds. The van der Waals surface area contributed by atoms with Gasteiger partial charge in [0.1, 0.15) is 0 Å². The van der Waals surface area contributed by atoms with Gasteiger partial charge in [0.2, 0.25) is 5.91 Å². The number of rotatable bonds is 8. The number of carbonyl (C=O) groups is 3. The summed E-state index contributed by atoms with van der Waals surface area (Å²) in [6.07, 6.45) is 3.33. The van der Waals surface area contributed by atoms with Crippen LogP contribution in [0.2, 0.25) is 0 Å². The Morgan fingerprint density at radius 3 is 2.41 bits per heavy atom. The summed E-state index contributed by atoms with van der Waals surface area (Å²) >= 11 is 0. The van der Waals surface area contributed by atoms with Crippen molar-refractivity contribution in [3.05, 3.63) is 59.7 Å². The average molecular weight is 394 g/mol. The van der Waals surface area contributed by atoms with Gasteiger partial charge in [-0.1, -0.05) is 19.1 Å². The van der Waals surface area contributed by atoms with Crippen molar-refractivity contribution >= 4 is 29.2 Å². The lowest BCUT2D eigenvalue weighted by Gasteiger charge is -2.10. The second kappa shape index (κ2) is 9.73. The van der Waals surface area contributed by atoms with Gasteiger partial charge in [-0.3, -0.25) is 9.59 Å². The normalized spacial score (nSPS) is 12.7. The van der Waals surface area contributed by atoms with E-state index >= 15 is 0 Å². The quantitative estimate of drug-likeness (QED) is 0.550. The highest BCUT2D eigenvalue weighted by Crippen LogP contribution is 2.19. The molecule has 3 rings (SSSR count). The first-order chi connectivity index (χ1) is 14.0. The van der Waals surface area contributed by atoms with Crippen LogP contribution < -0.4 is 21.3 Å². The van der Waals surface area contributed by atoms with Crippen LogP contribution in [-0.2, 0) is 11.3 Å². The first-order valence-electron chi connectivity index (χ1n) is 9.88. The first-order valence-corrected chi connectivity index (χ1v) is 9.88. The molecule has 152 valence electrons. The third kappa shape index (κ3) is 6.64. The fraction of sp³-hybridized carbons (Fsp3) is 0.318. The molecule has 1 fully saturated rings. The Hall–Kier alpha value is -3.35. The molecule has 0 aromatic heterocycles. The molecule has 0 unspecified atom stereocenters. The van der Waals surface area contributed by atoms with Crippen LogP contribution in [0.3, 0.4) is 0 Å². The second-order valence-electron chi connectivity index (χ2n) is 7.13. The number of urea groups is 1. The predicted molar refractivity (Wildman–Crippen MR) is 113 cm³/mol. The zero-order valence-electron chi connectivity index (χ0n) is 16.5. The van der Waals surface area contributed by atoms with Gasteiger partial charge in [-0.25, -0.2) is 4.79 Å². The summed E-state index contributed by atoms with van der Waals surface area (Å²) < 4.78 is 0. The van der Waals surface area contributed by atoms with Crippen LogP contribution in [0.4, 0.5) is 16.2 Å². The maximum atomic E-state index is 12.4. The van der Waals surface area contributed by atoms with Crippen LogP contribution >= 0.6 is 0 Å². The van der Waals surface area contributed by atoms with E-state index < -0.39 is 0 Å². The molecular weight excluding hydrogens is 368 g/mol. The minimum absolute atomic E-state index is 0.0202. The van der Waals surface area contributed by atoms with Gasteiger partial charge in [0.15, 0.2) is 0 Å². The molecule has 2 aromatic rings. The highest BCUT2D eigenvalue weighted by atomic mass is 16.2. The molecule has 7 nitrogen and oxygen atoms in total. The van der Waals surface area contributed by atoms with Crippen molar-refractivity contribution in [1.29, 1.82) is 0 Å². The van der Waals surface area contributed by atoms with Crippen LogP contribution in [0.5, 0.6) is 0 Å². The van der Waals surface area contributed by atoms with Gasteiger partial charge in [0.05, 0.1) is 0 Å². The lowest BCUT2D eigenvalue weighted by molar-refractivity contribution is -0.116. The van der Waals surface area contributed by atoms with Crippen LogP contribution in [0.15, 0.2) is 48.5 Å². The van der Waals surface area contributed by atoms with Gasteiger partial charge in [-0.2, -0.15) is 0 Å². The van der Waals surface area contributed by atoms with E-state index in [4.69, 9.17) is 0 Å². The summed E-state index contributed by atoms with van der Waals surface area (Å²) in [7, 11) is 0. The van der Waals surface area contributed by atoms with Gasteiger partial charge in [-0.15, -0.1) is 0 Å². The van der Waals surface area contributed by atoms with Crippen LogP contribution in [0.25, 0.3) is 0 Å². The Kier molecular flexibility index (Phi) is 6.84. The lowest BCUT2D eigenvalue weighted by atomic mass is 10.1. The van der Waals surface area contributed by atoms with Crippen molar-refractivity contribution in [3.63, 3.8) is 0 Å². The minimum atomic E-state index is -0.226. The SMILES string of the molecule is CCCC(=O)Nc1cccc(CNC(=O)c2ccc(NC(=O)NC3CC3)cc2)c1. The zero-order chi connectivity index (χ0) is 20.6. The number of amides is 4. The summed E-state index contributed by atoms with van der Waals surface area (Å²) in [5.41, 5.74) is 2.75. The van der Waals surface area contributed by atoms with Crippen LogP contribution in [0.1, 0.15) is 48.5 Å². The van der Waals surface area contributed by atoms with E-state index in [0.717, 1.165) is 30.5 Å². The van der Waals surface area contributed by atoms with Crippen LogP contribution in [-0.4, -0.2) is 23.9 Å². The van der Waals surface area contributed by atoms with Gasteiger partial charge in [0.25, 0.3) is 5.91 Å². The average Bonchev–Trinajstić information content (AvgIpc) is 3.51. The van der Waals surface area contributed by atoms with Crippen molar-refractivity contribution in [1.82, 2.24) is 10.6 Å². The topological polar surface area (TPSA) is 99.3 Å². The van der Waals surface area contributed by atoms with Gasteiger partial charge >= 0.3 is 6.03 Å². The van der Waals surface area contributed by atoms with E-state index in [1.807, 2.05) is 31.2 Å². The van der Waals surface area contributed by atoms with E-state index in [9.17, 15) is 14.4 Å². The van der Waals surface area contributed by atoms with E-state index in [2.05, 4.69) is 21.3 Å². The van der Waals surface area contributed by atoms with Crippen molar-refractivity contribution in [2.45, 2.75) is 45.2 Å². The molecule has 0 aliphatic heterocycles. The molecule has 1 aliphatic rings. The number of hydrogen-bond acceptors (Lipinski definition) is 3. The number of carbonyl (C=O) groups excluding carboxylic acids is 3. The summed E-state index contributed by atoms with van der Waals surface area (Å²) in [6, 6.07) is 14.2. The van der Waals surface area contributed by atoms with Gasteiger partial charge in [0, 0.05) is 35.9 Å². The van der Waals surface area contributed by atoms with Crippen molar-refractivity contribution in [2.75, 3.05) is 10.6 Å². The molecule has 7 heteroatoms. The number of anilines is 2. The highest BCUT2D eigenvalue weighted by Gasteiger charge is 2.23. The molecule has 0 spiro atoms. The molecule has 0 heterocycles. The largest absolute Gasteiger partial charge is 0.348 e. The summed E-state index contributed by atoms with van der Waals surface area (Å²) in [5, 5.41) is 11.3. The molecule has 4 N–H and O–H groups in total. The summed E-state index contributed by atoms with van der Waals surface area (Å²) in [6.45, 7) is 2.30. The molecule has 0 atom stereocenters. The monoisotopic (exact) mass is 394 g/mol. The van der Waals surface area contributed by atoms with Gasteiger partial charge < -0.3 is 21.3 Å². The molecule has 29 heavy (non-hydrogen) atoms. The molecule has 0 radical (unpaired) electrons. The Bertz CT molecular complexity index is 876. The first kappa shape index (κ1) is 20.4. The zero-order valence-corrected chi connectivity index (χ0v) is 16.5. The van der Waals surface area contributed by atoms with E-state index in [0.29, 0.717) is 30.3 Å². The van der Waals surface area contributed by atoms with Crippen molar-refractivity contribution in [3.8, 4) is 0 Å². The van der Waals surface area contributed by atoms with E-state index in [-0.39, 0.29) is 17.8 Å². The molecule has 1 aliphatic carbocycles. The molecule has 0 bridgehead atoms. The Labute approximate surface area is 170 Å². The van der Waals surface area contributed by atoms with Crippen molar-refractivity contribution < 1.29 is 14.4 Å². The Balaban J connectivity index is 1.49. The summed E-state index contributed by atoms with van der Waals surface area (Å²) in [5.74, 6) is -0.229. The smallest absolute Gasteiger partial charge is 0.319 e.